The number of hydrogen-bond donors (Lipinski definition) is 0. The van der Waals surface area contributed by atoms with Gasteiger partial charge in [-0.1, -0.05) is 257 Å². The van der Waals surface area contributed by atoms with E-state index in [4.69, 9.17) is 11.6 Å². The molecule has 0 atom stereocenters. The summed E-state index contributed by atoms with van der Waals surface area (Å²) < 4.78 is 0. The summed E-state index contributed by atoms with van der Waals surface area (Å²) in [6.07, 6.45) is 60.0. The van der Waals surface area contributed by atoms with Crippen molar-refractivity contribution in [2.24, 2.45) is 0 Å². The number of carbonyl (C=O) groups excluding carboxylic acids is 2. The van der Waals surface area contributed by atoms with Gasteiger partial charge in [-0.25, -0.2) is 0 Å². The maximum absolute atomic E-state index is 12.3. The predicted molar refractivity (Wildman–Crippen MR) is 229 cm³/mol. The Morgan fingerprint density at radius 2 is 0.412 bits per heavy atom. The molecule has 0 heterocycles. The number of carbonyl (C=O) groups is 2. The van der Waals surface area contributed by atoms with Crippen LogP contribution in [0.1, 0.15) is 296 Å². The molecule has 0 saturated carbocycles. The molecule has 0 aromatic rings. The van der Waals surface area contributed by atoms with Crippen molar-refractivity contribution >= 4 is 22.6 Å². The second-order valence-corrected chi connectivity index (χ2v) is 17.1. The number of hydrogen-bond acceptors (Lipinski definition) is 2. The van der Waals surface area contributed by atoms with Gasteiger partial charge in [-0.05, 0) is 30.9 Å². The van der Waals surface area contributed by atoms with Crippen molar-refractivity contribution in [3.8, 4) is 0 Å². The van der Waals surface area contributed by atoms with E-state index in [1.807, 2.05) is 0 Å². The molecule has 0 radical (unpaired) electrons. The van der Waals surface area contributed by atoms with Crippen LogP contribution in [0.25, 0.3) is 0 Å². The van der Waals surface area contributed by atoms with Gasteiger partial charge in [0.2, 0.25) is 5.24 Å². The van der Waals surface area contributed by atoms with Crippen LogP contribution < -0.4 is 0 Å². The average Bonchev–Trinajstić information content (AvgIpc) is 3.12. The number of ketones is 1. The smallest absolute Gasteiger partial charge is 0.221 e. The molecule has 0 aromatic carbocycles. The molecule has 0 spiro atoms. The van der Waals surface area contributed by atoms with Gasteiger partial charge in [0.05, 0.1) is 0 Å². The molecule has 0 rings (SSSR count). The van der Waals surface area contributed by atoms with E-state index in [1.54, 1.807) is 0 Å². The minimum atomic E-state index is -0.182. The average molecular weight is 738 g/mol. The van der Waals surface area contributed by atoms with Crippen molar-refractivity contribution in [2.45, 2.75) is 296 Å². The number of rotatable bonds is 46. The normalized spacial score (nSPS) is 11.5. The van der Waals surface area contributed by atoms with Gasteiger partial charge in [0, 0.05) is 19.3 Å². The fraction of sp³-hybridized carbons (Fsp3) is 0.958. The first-order valence-corrected chi connectivity index (χ1v) is 24.2. The van der Waals surface area contributed by atoms with Crippen LogP contribution >= 0.6 is 11.6 Å². The molecular weight excluding hydrogens is 644 g/mol. The predicted octanol–water partition coefficient (Wildman–Crippen LogP) is 17.9. The Labute approximate surface area is 327 Å². The molecule has 0 aliphatic carbocycles. The highest BCUT2D eigenvalue weighted by atomic mass is 35.5. The molecule has 0 amide bonds. The lowest BCUT2D eigenvalue weighted by Crippen LogP contribution is -1.97. The van der Waals surface area contributed by atoms with E-state index >= 15 is 0 Å². The summed E-state index contributed by atoms with van der Waals surface area (Å²) >= 11 is 5.38. The maximum Gasteiger partial charge on any atom is 0.221 e. The van der Waals surface area contributed by atoms with Crippen LogP contribution in [-0.4, -0.2) is 11.0 Å². The van der Waals surface area contributed by atoms with Gasteiger partial charge < -0.3 is 0 Å². The highest BCUT2D eigenvalue weighted by Crippen LogP contribution is 2.18. The second kappa shape index (κ2) is 45.8. The number of halogens is 1. The van der Waals surface area contributed by atoms with Crippen molar-refractivity contribution in [3.05, 3.63) is 0 Å². The molecule has 0 bridgehead atoms. The van der Waals surface area contributed by atoms with E-state index in [0.29, 0.717) is 12.2 Å². The Hall–Kier alpha value is -0.370. The molecule has 2 nitrogen and oxygen atoms in total. The zero-order valence-electron chi connectivity index (χ0n) is 35.0. The van der Waals surface area contributed by atoms with Gasteiger partial charge in [0.1, 0.15) is 5.78 Å². The SMILES string of the molecule is CCCCCCCCCCCCCCCCCCCCCCCC(=O)CCCCCCCCCCCCCCCCCCCCCCCC(=O)Cl. The fourth-order valence-electron chi connectivity index (χ4n) is 7.82. The molecule has 0 unspecified atom stereocenters. The Morgan fingerprint density at radius 3 is 0.588 bits per heavy atom. The van der Waals surface area contributed by atoms with Gasteiger partial charge in [0.15, 0.2) is 0 Å². The van der Waals surface area contributed by atoms with Crippen LogP contribution in [0.5, 0.6) is 0 Å². The lowest BCUT2D eigenvalue weighted by Gasteiger charge is -2.05. The van der Waals surface area contributed by atoms with Gasteiger partial charge in [-0.2, -0.15) is 0 Å². The highest BCUT2D eigenvalue weighted by Gasteiger charge is 2.03. The first-order valence-electron chi connectivity index (χ1n) is 23.9. The van der Waals surface area contributed by atoms with Crippen LogP contribution in [-0.2, 0) is 9.59 Å². The standard InChI is InChI=1S/C48H93ClO2/c1-2-3-4-5-6-7-8-9-10-11-12-14-17-20-23-26-29-32-35-38-41-44-47(50)45-42-39-36-33-30-27-24-21-18-15-13-16-19-22-25-28-31-34-37-40-43-46-48(49)51/h2-46H2,1H3. The van der Waals surface area contributed by atoms with Gasteiger partial charge in [-0.3, -0.25) is 9.59 Å². The maximum atomic E-state index is 12.3. The van der Waals surface area contributed by atoms with Crippen molar-refractivity contribution < 1.29 is 9.59 Å². The fourth-order valence-corrected chi connectivity index (χ4v) is 7.96. The topological polar surface area (TPSA) is 34.1 Å². The molecule has 0 aromatic heterocycles. The van der Waals surface area contributed by atoms with Crippen molar-refractivity contribution in [3.63, 3.8) is 0 Å². The Kier molecular flexibility index (Phi) is 45.5. The van der Waals surface area contributed by atoms with Crippen molar-refractivity contribution in [1.82, 2.24) is 0 Å². The Bertz CT molecular complexity index is 676. The summed E-state index contributed by atoms with van der Waals surface area (Å²) in [5.41, 5.74) is 0. The van der Waals surface area contributed by atoms with E-state index in [9.17, 15) is 9.59 Å². The van der Waals surface area contributed by atoms with Crippen LogP contribution in [0.2, 0.25) is 0 Å². The van der Waals surface area contributed by atoms with Crippen molar-refractivity contribution in [1.29, 1.82) is 0 Å². The molecule has 0 aliphatic rings. The molecule has 0 aliphatic heterocycles. The van der Waals surface area contributed by atoms with E-state index < -0.39 is 0 Å². The molecule has 3 heteroatoms. The Balaban J connectivity index is 3.15. The summed E-state index contributed by atoms with van der Waals surface area (Å²) in [6, 6.07) is 0. The van der Waals surface area contributed by atoms with E-state index in [2.05, 4.69) is 6.92 Å². The first-order chi connectivity index (χ1) is 25.2. The third kappa shape index (κ3) is 47.6. The summed E-state index contributed by atoms with van der Waals surface area (Å²) in [6.45, 7) is 2.30. The van der Waals surface area contributed by atoms with Gasteiger partial charge in [0.25, 0.3) is 0 Å². The van der Waals surface area contributed by atoms with Crippen LogP contribution in [0, 0.1) is 0 Å². The molecule has 0 fully saturated rings. The lowest BCUT2D eigenvalue weighted by atomic mass is 10.0. The van der Waals surface area contributed by atoms with E-state index in [1.165, 1.54) is 244 Å². The monoisotopic (exact) mass is 737 g/mol. The lowest BCUT2D eigenvalue weighted by molar-refractivity contribution is -0.119. The van der Waals surface area contributed by atoms with Crippen LogP contribution in [0.3, 0.4) is 0 Å². The molecule has 51 heavy (non-hydrogen) atoms. The zero-order valence-corrected chi connectivity index (χ0v) is 35.8. The quantitative estimate of drug-likeness (QED) is 0.0460. The van der Waals surface area contributed by atoms with E-state index in [0.717, 1.165) is 38.5 Å². The minimum absolute atomic E-state index is 0.182. The summed E-state index contributed by atoms with van der Waals surface area (Å²) in [7, 11) is 0. The number of Topliss-reactive ketones (excluding diaryl/α,β-unsaturated/α-hetero) is 1. The first kappa shape index (κ1) is 50.6. The van der Waals surface area contributed by atoms with Crippen LogP contribution in [0.4, 0.5) is 0 Å². The Morgan fingerprint density at radius 1 is 0.255 bits per heavy atom. The third-order valence-corrected chi connectivity index (χ3v) is 11.6. The second-order valence-electron chi connectivity index (χ2n) is 16.6. The zero-order chi connectivity index (χ0) is 37.0. The molecule has 304 valence electrons. The molecule has 0 saturated heterocycles. The minimum Gasteiger partial charge on any atom is -0.300 e. The molecule has 0 N–H and O–H groups in total. The summed E-state index contributed by atoms with van der Waals surface area (Å²) in [4.78, 5) is 23.0. The van der Waals surface area contributed by atoms with Gasteiger partial charge in [-0.15, -0.1) is 0 Å². The van der Waals surface area contributed by atoms with Crippen molar-refractivity contribution in [2.75, 3.05) is 0 Å². The third-order valence-electron chi connectivity index (χ3n) is 11.4. The highest BCUT2D eigenvalue weighted by molar-refractivity contribution is 6.63. The largest absolute Gasteiger partial charge is 0.300 e. The van der Waals surface area contributed by atoms with Crippen LogP contribution in [0.15, 0.2) is 0 Å². The summed E-state index contributed by atoms with van der Waals surface area (Å²) in [5, 5.41) is -0.182. The molecular formula is C48H93ClO2. The summed E-state index contributed by atoms with van der Waals surface area (Å²) in [5.74, 6) is 0.522. The number of unbranched alkanes of at least 4 members (excludes halogenated alkanes) is 40. The van der Waals surface area contributed by atoms with Gasteiger partial charge >= 0.3 is 0 Å². The van der Waals surface area contributed by atoms with E-state index in [-0.39, 0.29) is 5.24 Å².